The Hall–Kier alpha value is -1.06. The predicted octanol–water partition coefficient (Wildman–Crippen LogP) is 3.24. The third-order valence-electron chi connectivity index (χ3n) is 4.20. The monoisotopic (exact) mass is 277 g/mol. The minimum atomic E-state index is -0.429. The normalized spacial score (nSPS) is 18.1. The molecule has 0 aromatic heterocycles. The van der Waals surface area contributed by atoms with Gasteiger partial charge in [-0.15, -0.1) is 0 Å². The van der Waals surface area contributed by atoms with Gasteiger partial charge in [0.15, 0.2) is 0 Å². The Morgan fingerprint density at radius 2 is 1.95 bits per heavy atom. The van der Waals surface area contributed by atoms with Gasteiger partial charge in [0.2, 0.25) is 0 Å². The number of nitrogens with zero attached hydrogens (tertiary/aromatic N) is 1. The van der Waals surface area contributed by atoms with E-state index in [4.69, 9.17) is 4.74 Å². The smallest absolute Gasteiger partial charge is 0.119 e. The second-order valence-electron chi connectivity index (χ2n) is 5.95. The highest BCUT2D eigenvalue weighted by Crippen LogP contribution is 2.35. The average Bonchev–Trinajstić information content (AvgIpc) is 3.29. The van der Waals surface area contributed by atoms with Crippen molar-refractivity contribution >= 4 is 0 Å². The predicted molar refractivity (Wildman–Crippen MR) is 82.0 cm³/mol. The zero-order chi connectivity index (χ0) is 14.5. The maximum Gasteiger partial charge on any atom is 0.119 e. The van der Waals surface area contributed by atoms with Crippen LogP contribution >= 0.6 is 0 Å². The lowest BCUT2D eigenvalue weighted by molar-refractivity contribution is 0.102. The molecular weight excluding hydrogens is 250 g/mol. The van der Waals surface area contributed by atoms with Gasteiger partial charge in [0.1, 0.15) is 5.75 Å². The van der Waals surface area contributed by atoms with Crippen LogP contribution in [0.3, 0.4) is 0 Å². The highest BCUT2D eigenvalue weighted by Gasteiger charge is 2.31. The number of hydrogen-bond donors (Lipinski definition) is 1. The van der Waals surface area contributed by atoms with Crippen LogP contribution in [0.4, 0.5) is 0 Å². The second kappa shape index (κ2) is 7.09. The van der Waals surface area contributed by atoms with Crippen LogP contribution in [0.5, 0.6) is 5.75 Å². The molecule has 0 aliphatic heterocycles. The van der Waals surface area contributed by atoms with Crippen molar-refractivity contribution in [3.63, 3.8) is 0 Å². The Morgan fingerprint density at radius 1 is 1.30 bits per heavy atom. The fraction of sp³-hybridized carbons (Fsp3) is 0.647. The van der Waals surface area contributed by atoms with Crippen LogP contribution in [0.1, 0.15) is 44.8 Å². The molecule has 1 aromatic rings. The summed E-state index contributed by atoms with van der Waals surface area (Å²) in [6.07, 6.45) is 3.26. The molecule has 2 atom stereocenters. The fourth-order valence-corrected chi connectivity index (χ4v) is 2.49. The van der Waals surface area contributed by atoms with Crippen molar-refractivity contribution in [1.29, 1.82) is 0 Å². The molecule has 0 spiro atoms. The first-order valence-corrected chi connectivity index (χ1v) is 7.73. The van der Waals surface area contributed by atoms with Crippen LogP contribution < -0.4 is 4.74 Å². The lowest BCUT2D eigenvalue weighted by atomic mass is 10.1. The average molecular weight is 277 g/mol. The largest absolute Gasteiger partial charge is 0.494 e. The van der Waals surface area contributed by atoms with E-state index in [2.05, 4.69) is 25.8 Å². The molecule has 3 heteroatoms. The Bertz CT molecular complexity index is 400. The Morgan fingerprint density at radius 3 is 2.50 bits per heavy atom. The number of hydrogen-bond acceptors (Lipinski definition) is 3. The zero-order valence-corrected chi connectivity index (χ0v) is 12.9. The first-order chi connectivity index (χ1) is 9.61. The van der Waals surface area contributed by atoms with Crippen molar-refractivity contribution in [2.45, 2.75) is 45.3 Å². The maximum absolute atomic E-state index is 10.3. The molecule has 0 heterocycles. The van der Waals surface area contributed by atoms with E-state index in [1.165, 1.54) is 12.8 Å². The van der Waals surface area contributed by atoms with Gasteiger partial charge in [-0.3, -0.25) is 0 Å². The molecule has 1 aromatic carbocycles. The molecule has 1 aliphatic carbocycles. The number of aliphatic hydroxyl groups is 1. The second-order valence-corrected chi connectivity index (χ2v) is 5.95. The topological polar surface area (TPSA) is 32.7 Å². The number of likely N-dealkylation sites (N-methyl/N-ethyl adjacent to an activating group) is 1. The third-order valence-corrected chi connectivity index (χ3v) is 4.20. The Balaban J connectivity index is 1.86. The Labute approximate surface area is 122 Å². The highest BCUT2D eigenvalue weighted by atomic mass is 16.5. The van der Waals surface area contributed by atoms with E-state index in [-0.39, 0.29) is 0 Å². The van der Waals surface area contributed by atoms with Crippen LogP contribution in [0, 0.1) is 5.92 Å². The lowest BCUT2D eigenvalue weighted by Crippen LogP contribution is -2.34. The van der Waals surface area contributed by atoms with Gasteiger partial charge < -0.3 is 14.7 Å². The van der Waals surface area contributed by atoms with Crippen LogP contribution in [-0.2, 0) is 0 Å². The summed E-state index contributed by atoms with van der Waals surface area (Å²) in [4.78, 5) is 2.27. The van der Waals surface area contributed by atoms with Crippen LogP contribution in [0.15, 0.2) is 24.3 Å². The summed E-state index contributed by atoms with van der Waals surface area (Å²) in [6, 6.07) is 8.38. The first kappa shape index (κ1) is 15.3. The molecule has 2 rings (SSSR count). The molecule has 20 heavy (non-hydrogen) atoms. The number of benzene rings is 1. The fourth-order valence-electron chi connectivity index (χ4n) is 2.49. The van der Waals surface area contributed by atoms with E-state index in [1.807, 2.05) is 24.3 Å². The Kier molecular flexibility index (Phi) is 5.44. The van der Waals surface area contributed by atoms with E-state index >= 15 is 0 Å². The molecule has 2 unspecified atom stereocenters. The number of rotatable bonds is 8. The van der Waals surface area contributed by atoms with Gasteiger partial charge in [0.25, 0.3) is 0 Å². The van der Waals surface area contributed by atoms with Gasteiger partial charge in [-0.2, -0.15) is 0 Å². The molecule has 0 bridgehead atoms. The van der Waals surface area contributed by atoms with Crippen LogP contribution in [0.2, 0.25) is 0 Å². The van der Waals surface area contributed by atoms with Crippen molar-refractivity contribution in [1.82, 2.24) is 4.90 Å². The van der Waals surface area contributed by atoms with Crippen molar-refractivity contribution in [3.8, 4) is 5.75 Å². The van der Waals surface area contributed by atoms with E-state index in [0.29, 0.717) is 12.6 Å². The van der Waals surface area contributed by atoms with E-state index in [9.17, 15) is 5.11 Å². The van der Waals surface area contributed by atoms with Crippen molar-refractivity contribution in [2.24, 2.45) is 5.92 Å². The molecule has 1 aliphatic rings. The van der Waals surface area contributed by atoms with Gasteiger partial charge in [-0.05, 0) is 56.8 Å². The summed E-state index contributed by atoms with van der Waals surface area (Å²) in [5.41, 5.74) is 0.962. The highest BCUT2D eigenvalue weighted by molar-refractivity contribution is 5.28. The summed E-state index contributed by atoms with van der Waals surface area (Å²) in [6.45, 7) is 5.78. The van der Waals surface area contributed by atoms with Crippen LogP contribution in [0.25, 0.3) is 0 Å². The van der Waals surface area contributed by atoms with Gasteiger partial charge in [0.05, 0.1) is 12.7 Å². The summed E-state index contributed by atoms with van der Waals surface area (Å²) < 4.78 is 5.56. The quantitative estimate of drug-likeness (QED) is 0.792. The molecule has 0 amide bonds. The molecule has 112 valence electrons. The van der Waals surface area contributed by atoms with Gasteiger partial charge >= 0.3 is 0 Å². The maximum atomic E-state index is 10.3. The summed E-state index contributed by atoms with van der Waals surface area (Å²) >= 11 is 0. The number of ether oxygens (including phenoxy) is 1. The van der Waals surface area contributed by atoms with Gasteiger partial charge in [-0.1, -0.05) is 19.1 Å². The van der Waals surface area contributed by atoms with Crippen molar-refractivity contribution < 1.29 is 9.84 Å². The molecule has 3 nitrogen and oxygen atoms in total. The molecule has 0 radical (unpaired) electrons. The van der Waals surface area contributed by atoms with E-state index < -0.39 is 6.10 Å². The minimum Gasteiger partial charge on any atom is -0.494 e. The van der Waals surface area contributed by atoms with Gasteiger partial charge in [0, 0.05) is 12.6 Å². The molecular formula is C17H27NO2. The van der Waals surface area contributed by atoms with Crippen molar-refractivity contribution in [3.05, 3.63) is 29.8 Å². The molecule has 1 saturated carbocycles. The zero-order valence-electron chi connectivity index (χ0n) is 12.9. The van der Waals surface area contributed by atoms with Gasteiger partial charge in [-0.25, -0.2) is 0 Å². The molecule has 1 fully saturated rings. The minimum absolute atomic E-state index is 0.429. The summed E-state index contributed by atoms with van der Waals surface area (Å²) in [5, 5.41) is 10.3. The SMILES string of the molecule is CCCOc1ccc(C(O)CN(C)C(C)C2CC2)cc1. The molecule has 1 N–H and O–H groups in total. The van der Waals surface area contributed by atoms with E-state index in [0.717, 1.165) is 30.3 Å². The first-order valence-electron chi connectivity index (χ1n) is 7.73. The third kappa shape index (κ3) is 4.22. The number of aliphatic hydroxyl groups excluding tert-OH is 1. The molecule has 0 saturated heterocycles. The van der Waals surface area contributed by atoms with Crippen LogP contribution in [-0.4, -0.2) is 36.2 Å². The lowest BCUT2D eigenvalue weighted by Gasteiger charge is -2.27. The van der Waals surface area contributed by atoms with Crippen molar-refractivity contribution in [2.75, 3.05) is 20.2 Å². The summed E-state index contributed by atoms with van der Waals surface area (Å²) in [5.74, 6) is 1.71. The van der Waals surface area contributed by atoms with E-state index in [1.54, 1.807) is 0 Å². The standard InChI is InChI=1S/C17H27NO2/c1-4-11-20-16-9-7-15(8-10-16)17(19)12-18(3)13(2)14-5-6-14/h7-10,13-14,17,19H,4-6,11-12H2,1-3H3. The summed E-state index contributed by atoms with van der Waals surface area (Å²) in [7, 11) is 2.10.